The summed E-state index contributed by atoms with van der Waals surface area (Å²) in [5.41, 5.74) is 8.21. The molecule has 5 nitrogen and oxygen atoms in total. The number of carbonyl (C=O) groups is 2. The smallest absolute Gasteiger partial charge is 0.259 e. The van der Waals surface area contributed by atoms with Crippen LogP contribution in [-0.4, -0.2) is 47.3 Å². The monoisotopic (exact) mass is 347 g/mol. The molecule has 1 aromatic carbocycles. The molecule has 128 valence electrons. The van der Waals surface area contributed by atoms with Crippen molar-refractivity contribution in [3.05, 3.63) is 42.0 Å². The van der Waals surface area contributed by atoms with Crippen LogP contribution in [0.25, 0.3) is 5.70 Å². The zero-order chi connectivity index (χ0) is 16.1. The van der Waals surface area contributed by atoms with Crippen LogP contribution in [-0.2, 0) is 4.79 Å². The van der Waals surface area contributed by atoms with Crippen molar-refractivity contribution in [1.82, 2.24) is 9.80 Å². The van der Waals surface area contributed by atoms with Crippen molar-refractivity contribution in [2.75, 3.05) is 19.6 Å². The minimum atomic E-state index is -0.130. The zero-order valence-electron chi connectivity index (χ0n) is 13.5. The molecule has 1 saturated carbocycles. The van der Waals surface area contributed by atoms with E-state index < -0.39 is 0 Å². The number of halogens is 1. The van der Waals surface area contributed by atoms with E-state index in [1.165, 1.54) is 4.90 Å². The fourth-order valence-corrected chi connectivity index (χ4v) is 4.25. The number of rotatable bonds is 2. The van der Waals surface area contributed by atoms with Crippen LogP contribution >= 0.6 is 12.4 Å². The molecule has 0 bridgehead atoms. The maximum Gasteiger partial charge on any atom is 0.259 e. The lowest BCUT2D eigenvalue weighted by atomic mass is 9.98. The molecule has 2 amide bonds. The number of carbonyl (C=O) groups excluding carboxylic acids is 2. The van der Waals surface area contributed by atoms with Crippen LogP contribution in [0.4, 0.5) is 0 Å². The van der Waals surface area contributed by atoms with Crippen molar-refractivity contribution in [3.8, 4) is 0 Å². The Morgan fingerprint density at radius 3 is 2.58 bits per heavy atom. The third-order valence-corrected chi connectivity index (χ3v) is 5.60. The van der Waals surface area contributed by atoms with Crippen LogP contribution < -0.4 is 5.73 Å². The molecule has 0 aromatic heterocycles. The molecule has 0 spiro atoms. The van der Waals surface area contributed by atoms with Gasteiger partial charge in [0, 0.05) is 36.0 Å². The highest BCUT2D eigenvalue weighted by molar-refractivity contribution is 6.10. The molecule has 0 radical (unpaired) electrons. The Labute approximate surface area is 147 Å². The summed E-state index contributed by atoms with van der Waals surface area (Å²) in [7, 11) is 0. The van der Waals surface area contributed by atoms with Crippen LogP contribution in [0.5, 0.6) is 0 Å². The third kappa shape index (κ3) is 2.52. The number of nitrogens with zero attached hydrogens (tertiary/aromatic N) is 2. The van der Waals surface area contributed by atoms with Gasteiger partial charge in [-0.25, -0.2) is 0 Å². The Bertz CT molecular complexity index is 670. The fraction of sp³-hybridized carbons (Fsp3) is 0.444. The van der Waals surface area contributed by atoms with Gasteiger partial charge in [0.1, 0.15) is 6.54 Å². The summed E-state index contributed by atoms with van der Waals surface area (Å²) in [5.74, 6) is 0.821. The van der Waals surface area contributed by atoms with E-state index in [9.17, 15) is 9.59 Å². The number of hydrogen-bond acceptors (Lipinski definition) is 3. The highest BCUT2D eigenvalue weighted by Gasteiger charge is 2.43. The van der Waals surface area contributed by atoms with Crippen molar-refractivity contribution in [2.24, 2.45) is 17.6 Å². The van der Waals surface area contributed by atoms with Crippen molar-refractivity contribution < 1.29 is 9.59 Å². The third-order valence-electron chi connectivity index (χ3n) is 5.60. The quantitative estimate of drug-likeness (QED) is 0.886. The van der Waals surface area contributed by atoms with Gasteiger partial charge in [0.15, 0.2) is 0 Å². The van der Waals surface area contributed by atoms with Gasteiger partial charge >= 0.3 is 0 Å². The molecule has 6 heteroatoms. The highest BCUT2D eigenvalue weighted by Crippen LogP contribution is 2.37. The average Bonchev–Trinajstić information content (AvgIpc) is 3.19. The number of nitrogens with two attached hydrogens (primary N) is 1. The molecular formula is C18H22ClN3O2. The molecule has 3 unspecified atom stereocenters. The van der Waals surface area contributed by atoms with E-state index in [4.69, 9.17) is 5.73 Å². The lowest BCUT2D eigenvalue weighted by Gasteiger charge is -2.23. The van der Waals surface area contributed by atoms with Gasteiger partial charge in [0.2, 0.25) is 5.91 Å². The molecule has 1 aromatic rings. The SMILES string of the molecule is C=C1c2ccccc2C(=O)N1CC(=O)N1CC2CCC(N)C2C1.Cl. The van der Waals surface area contributed by atoms with E-state index >= 15 is 0 Å². The van der Waals surface area contributed by atoms with Crippen molar-refractivity contribution >= 4 is 29.9 Å². The predicted molar refractivity (Wildman–Crippen MR) is 94.5 cm³/mol. The van der Waals surface area contributed by atoms with E-state index in [1.807, 2.05) is 23.1 Å². The van der Waals surface area contributed by atoms with Crippen LogP contribution in [0.3, 0.4) is 0 Å². The van der Waals surface area contributed by atoms with Crippen molar-refractivity contribution in [1.29, 1.82) is 0 Å². The molecular weight excluding hydrogens is 326 g/mol. The van der Waals surface area contributed by atoms with Gasteiger partial charge in [-0.1, -0.05) is 24.8 Å². The largest absolute Gasteiger partial charge is 0.341 e. The second-order valence-corrected chi connectivity index (χ2v) is 6.85. The highest BCUT2D eigenvalue weighted by atomic mass is 35.5. The summed E-state index contributed by atoms with van der Waals surface area (Å²) in [6.45, 7) is 5.57. The molecule has 2 heterocycles. The summed E-state index contributed by atoms with van der Waals surface area (Å²) in [6, 6.07) is 7.58. The average molecular weight is 348 g/mol. The van der Waals surface area contributed by atoms with Crippen molar-refractivity contribution in [2.45, 2.75) is 18.9 Å². The normalized spacial score (nSPS) is 28.0. The molecule has 2 aliphatic heterocycles. The lowest BCUT2D eigenvalue weighted by molar-refractivity contribution is -0.130. The first-order valence-electron chi connectivity index (χ1n) is 8.20. The Balaban J connectivity index is 0.00000169. The van der Waals surface area contributed by atoms with Crippen LogP contribution in [0.15, 0.2) is 30.8 Å². The molecule has 1 saturated heterocycles. The number of benzene rings is 1. The van der Waals surface area contributed by atoms with Crippen molar-refractivity contribution in [3.63, 3.8) is 0 Å². The van der Waals surface area contributed by atoms with Crippen LogP contribution in [0.1, 0.15) is 28.8 Å². The second-order valence-electron chi connectivity index (χ2n) is 6.85. The van der Waals surface area contributed by atoms with Gasteiger partial charge < -0.3 is 10.6 Å². The molecule has 1 aliphatic carbocycles. The van der Waals surface area contributed by atoms with Gasteiger partial charge in [0.05, 0.1) is 0 Å². The minimum absolute atomic E-state index is 0. The van der Waals surface area contributed by atoms with Gasteiger partial charge in [-0.2, -0.15) is 0 Å². The van der Waals surface area contributed by atoms with E-state index in [0.717, 1.165) is 31.5 Å². The zero-order valence-corrected chi connectivity index (χ0v) is 14.3. The van der Waals surface area contributed by atoms with Gasteiger partial charge in [-0.3, -0.25) is 14.5 Å². The Hall–Kier alpha value is -1.85. The topological polar surface area (TPSA) is 66.6 Å². The Morgan fingerprint density at radius 2 is 1.92 bits per heavy atom. The maximum atomic E-state index is 12.6. The lowest BCUT2D eigenvalue weighted by Crippen LogP contribution is -2.40. The molecule has 3 aliphatic rings. The van der Waals surface area contributed by atoms with E-state index in [-0.39, 0.29) is 36.8 Å². The molecule has 3 atom stereocenters. The first kappa shape index (κ1) is 17.0. The Morgan fingerprint density at radius 1 is 1.21 bits per heavy atom. The maximum absolute atomic E-state index is 12.6. The Kier molecular flexibility index (Phi) is 4.40. The number of fused-ring (bicyclic) bond motifs is 2. The van der Waals surface area contributed by atoms with E-state index in [2.05, 4.69) is 6.58 Å². The number of hydrogen-bond donors (Lipinski definition) is 1. The summed E-state index contributed by atoms with van der Waals surface area (Å²) in [4.78, 5) is 28.5. The molecule has 2 fully saturated rings. The standard InChI is InChI=1S/C18H21N3O2.ClH/c1-11-13-4-2-3-5-14(13)18(23)21(11)10-17(22)20-8-12-6-7-16(19)15(12)9-20;/h2-5,12,15-16H,1,6-10,19H2;1H. The van der Waals surface area contributed by atoms with Crippen LogP contribution in [0, 0.1) is 11.8 Å². The predicted octanol–water partition coefficient (Wildman–Crippen LogP) is 1.73. The van der Waals surface area contributed by atoms with E-state index in [0.29, 0.717) is 23.1 Å². The summed E-state index contributed by atoms with van der Waals surface area (Å²) in [5, 5.41) is 0. The first-order chi connectivity index (χ1) is 11.1. The summed E-state index contributed by atoms with van der Waals surface area (Å²) < 4.78 is 0. The molecule has 2 N–H and O–H groups in total. The first-order valence-corrected chi connectivity index (χ1v) is 8.20. The van der Waals surface area contributed by atoms with Gasteiger partial charge in [0.25, 0.3) is 5.91 Å². The van der Waals surface area contributed by atoms with Gasteiger partial charge in [-0.05, 0) is 30.7 Å². The van der Waals surface area contributed by atoms with E-state index in [1.54, 1.807) is 6.07 Å². The minimum Gasteiger partial charge on any atom is -0.341 e. The number of likely N-dealkylation sites (tertiary alicyclic amines) is 1. The number of amides is 2. The molecule has 24 heavy (non-hydrogen) atoms. The molecule has 4 rings (SSSR count). The summed E-state index contributed by atoms with van der Waals surface area (Å²) >= 11 is 0. The van der Waals surface area contributed by atoms with Gasteiger partial charge in [-0.15, -0.1) is 12.4 Å². The van der Waals surface area contributed by atoms with Crippen LogP contribution in [0.2, 0.25) is 0 Å². The fourth-order valence-electron chi connectivity index (χ4n) is 4.25. The second kappa shape index (κ2) is 6.22. The summed E-state index contributed by atoms with van der Waals surface area (Å²) in [6.07, 6.45) is 2.17.